The van der Waals surface area contributed by atoms with Crippen LogP contribution in [0.2, 0.25) is 0 Å². The molecule has 0 bridgehead atoms. The minimum Gasteiger partial charge on any atom is -0.439 e. The summed E-state index contributed by atoms with van der Waals surface area (Å²) in [6.07, 6.45) is -5.61. The van der Waals surface area contributed by atoms with Gasteiger partial charge in [0.05, 0.1) is 19.8 Å². The molecule has 1 aromatic carbocycles. The van der Waals surface area contributed by atoms with Crippen molar-refractivity contribution in [3.05, 3.63) is 35.9 Å². The van der Waals surface area contributed by atoms with E-state index in [-0.39, 0.29) is 25.3 Å². The summed E-state index contributed by atoms with van der Waals surface area (Å²) >= 11 is 0. The van der Waals surface area contributed by atoms with Crippen LogP contribution in [0.1, 0.15) is 5.56 Å². The van der Waals surface area contributed by atoms with Crippen molar-refractivity contribution in [2.45, 2.75) is 24.4 Å². The molecule has 3 rings (SSSR count). The highest BCUT2D eigenvalue weighted by Crippen LogP contribution is 2.38. The molecule has 2 fully saturated rings. The number of benzene rings is 1. The van der Waals surface area contributed by atoms with Crippen molar-refractivity contribution in [2.75, 3.05) is 19.8 Å². The molecule has 2 aliphatic rings. The Morgan fingerprint density at radius 3 is 2.41 bits per heavy atom. The lowest BCUT2D eigenvalue weighted by atomic mass is 9.94. The van der Waals surface area contributed by atoms with E-state index in [1.54, 1.807) is 18.2 Å². The number of aliphatic hydroxyl groups is 1. The van der Waals surface area contributed by atoms with E-state index >= 15 is 0 Å². The van der Waals surface area contributed by atoms with Crippen molar-refractivity contribution in [2.24, 2.45) is 0 Å². The van der Waals surface area contributed by atoms with Gasteiger partial charge in [0, 0.05) is 5.56 Å². The molecule has 6 nitrogen and oxygen atoms in total. The first-order valence-corrected chi connectivity index (χ1v) is 6.90. The van der Waals surface area contributed by atoms with Gasteiger partial charge >= 0.3 is 6.09 Å². The number of morpholine rings is 1. The molecule has 120 valence electrons. The summed E-state index contributed by atoms with van der Waals surface area (Å²) in [5.74, 6) is 0. The third-order valence-electron chi connectivity index (χ3n) is 3.84. The van der Waals surface area contributed by atoms with Crippen LogP contribution in [0, 0.1) is 0 Å². The second-order valence-electron chi connectivity index (χ2n) is 5.18. The first-order valence-electron chi connectivity index (χ1n) is 6.90. The van der Waals surface area contributed by atoms with Crippen LogP contribution in [-0.4, -0.2) is 54.6 Å². The number of hydrogen-bond acceptors (Lipinski definition) is 5. The van der Waals surface area contributed by atoms with Gasteiger partial charge in [0.1, 0.15) is 0 Å². The summed E-state index contributed by atoms with van der Waals surface area (Å²) in [7, 11) is 0. The number of amides is 1. The molecular weight excluding hydrogens is 298 g/mol. The Morgan fingerprint density at radius 1 is 1.23 bits per heavy atom. The van der Waals surface area contributed by atoms with Crippen LogP contribution in [0.4, 0.5) is 13.6 Å². The van der Waals surface area contributed by atoms with Crippen molar-refractivity contribution >= 4 is 6.09 Å². The quantitative estimate of drug-likeness (QED) is 0.810. The maximum Gasteiger partial charge on any atom is 0.407 e. The van der Waals surface area contributed by atoms with Gasteiger partial charge in [0.25, 0.3) is 0 Å². The van der Waals surface area contributed by atoms with E-state index in [1.165, 1.54) is 12.1 Å². The maximum absolute atomic E-state index is 14.3. The van der Waals surface area contributed by atoms with Gasteiger partial charge in [0.15, 0.2) is 24.4 Å². The summed E-state index contributed by atoms with van der Waals surface area (Å²) in [5.41, 5.74) is -1.90. The van der Waals surface area contributed by atoms with Crippen LogP contribution in [0.25, 0.3) is 0 Å². The molecule has 1 aromatic rings. The molecule has 0 spiro atoms. The number of ether oxygens (including phenoxy) is 2. The fraction of sp³-hybridized carbons (Fsp3) is 0.500. The normalized spacial score (nSPS) is 32.1. The number of alkyl halides is 2. The number of carbonyl (C=O) groups is 1. The largest absolute Gasteiger partial charge is 0.439 e. The van der Waals surface area contributed by atoms with Gasteiger partial charge in [-0.25, -0.2) is 18.5 Å². The van der Waals surface area contributed by atoms with Gasteiger partial charge in [-0.05, 0) is 0 Å². The summed E-state index contributed by atoms with van der Waals surface area (Å²) in [5, 5.41) is 13.5. The molecule has 2 saturated heterocycles. The average Bonchev–Trinajstić information content (AvgIpc) is 2.95. The maximum atomic E-state index is 14.3. The van der Waals surface area contributed by atoms with Gasteiger partial charge in [0.2, 0.25) is 0 Å². The zero-order chi connectivity index (χ0) is 15.7. The number of cyclic esters (lactones) is 1. The Morgan fingerprint density at radius 2 is 1.86 bits per heavy atom. The Kier molecular flexibility index (Phi) is 3.98. The minimum atomic E-state index is -2.14. The molecule has 2 heterocycles. The number of halogens is 2. The number of nitrogens with one attached hydrogen (secondary N) is 1. The lowest BCUT2D eigenvalue weighted by Gasteiger charge is -2.46. The van der Waals surface area contributed by atoms with Crippen molar-refractivity contribution in [1.82, 2.24) is 10.2 Å². The monoisotopic (exact) mass is 314 g/mol. The highest BCUT2D eigenvalue weighted by atomic mass is 19.2. The Bertz CT molecular complexity index is 537. The molecule has 2 aliphatic heterocycles. The van der Waals surface area contributed by atoms with E-state index in [2.05, 4.69) is 5.32 Å². The lowest BCUT2D eigenvalue weighted by Crippen LogP contribution is -2.64. The first-order chi connectivity index (χ1) is 10.5. The van der Waals surface area contributed by atoms with Crippen molar-refractivity contribution < 1.29 is 28.2 Å². The summed E-state index contributed by atoms with van der Waals surface area (Å²) in [6.45, 7) is -0.797. The van der Waals surface area contributed by atoms with Crippen LogP contribution < -0.4 is 5.32 Å². The van der Waals surface area contributed by atoms with E-state index in [0.717, 1.165) is 0 Å². The predicted octanol–water partition coefficient (Wildman–Crippen LogP) is 0.864. The van der Waals surface area contributed by atoms with Crippen molar-refractivity contribution in [3.63, 3.8) is 0 Å². The van der Waals surface area contributed by atoms with E-state index < -0.39 is 30.5 Å². The van der Waals surface area contributed by atoms with Crippen molar-refractivity contribution in [3.8, 4) is 0 Å². The minimum absolute atomic E-state index is 0.0545. The molecule has 1 amide bonds. The summed E-state index contributed by atoms with van der Waals surface area (Å²) in [6, 6.07) is 8.03. The third-order valence-corrected chi connectivity index (χ3v) is 3.84. The van der Waals surface area contributed by atoms with E-state index in [4.69, 9.17) is 9.47 Å². The number of nitrogens with zero attached hydrogens (tertiary/aromatic N) is 1. The van der Waals surface area contributed by atoms with Gasteiger partial charge in [-0.3, -0.25) is 0 Å². The Labute approximate surface area is 125 Å². The molecule has 4 unspecified atom stereocenters. The summed E-state index contributed by atoms with van der Waals surface area (Å²) in [4.78, 5) is 12.0. The van der Waals surface area contributed by atoms with Crippen LogP contribution in [0.5, 0.6) is 0 Å². The number of alkyl carbamates (subject to hydrolysis) is 1. The Hall–Kier alpha value is -1.77. The topological polar surface area (TPSA) is 71.0 Å². The van der Waals surface area contributed by atoms with Gasteiger partial charge in [-0.15, -0.1) is 0 Å². The van der Waals surface area contributed by atoms with Crippen LogP contribution in [-0.2, 0) is 15.2 Å². The summed E-state index contributed by atoms with van der Waals surface area (Å²) < 4.78 is 38.4. The lowest BCUT2D eigenvalue weighted by molar-refractivity contribution is -0.279. The highest BCUT2D eigenvalue weighted by molar-refractivity contribution is 5.69. The van der Waals surface area contributed by atoms with Crippen molar-refractivity contribution in [1.29, 1.82) is 0 Å². The average molecular weight is 314 g/mol. The van der Waals surface area contributed by atoms with E-state index in [0.29, 0.717) is 4.90 Å². The molecular formula is C14H16F2N2O4. The first kappa shape index (κ1) is 15.1. The number of hydrogen-bond donors (Lipinski definition) is 2. The number of carbonyl (C=O) groups excluding carboxylic acids is 1. The molecule has 0 aromatic heterocycles. The van der Waals surface area contributed by atoms with Gasteiger partial charge in [-0.1, -0.05) is 30.3 Å². The fourth-order valence-electron chi connectivity index (χ4n) is 2.82. The molecule has 4 atom stereocenters. The molecule has 8 heteroatoms. The van der Waals surface area contributed by atoms with Crippen LogP contribution >= 0.6 is 0 Å². The van der Waals surface area contributed by atoms with Crippen LogP contribution in [0.15, 0.2) is 30.3 Å². The van der Waals surface area contributed by atoms with Gasteiger partial charge in [-0.2, -0.15) is 0 Å². The molecule has 22 heavy (non-hydrogen) atoms. The smallest absolute Gasteiger partial charge is 0.407 e. The molecule has 0 radical (unpaired) electrons. The third kappa shape index (κ3) is 2.43. The SMILES string of the molecule is O=C1NCC(C(O)(c2ccccc2)N2C(F)COCC2F)O1. The second kappa shape index (κ2) is 5.79. The van der Waals surface area contributed by atoms with Gasteiger partial charge < -0.3 is 19.9 Å². The molecule has 0 aliphatic carbocycles. The number of rotatable bonds is 3. The molecule has 2 N–H and O–H groups in total. The fourth-order valence-corrected chi connectivity index (χ4v) is 2.82. The zero-order valence-corrected chi connectivity index (χ0v) is 11.6. The highest BCUT2D eigenvalue weighted by Gasteiger charge is 2.55. The molecule has 0 saturated carbocycles. The van der Waals surface area contributed by atoms with Crippen LogP contribution in [0.3, 0.4) is 0 Å². The Balaban J connectivity index is 2.04. The zero-order valence-electron chi connectivity index (χ0n) is 11.6. The van der Waals surface area contributed by atoms with E-state index in [9.17, 15) is 18.7 Å². The predicted molar refractivity (Wildman–Crippen MR) is 71.1 cm³/mol. The van der Waals surface area contributed by atoms with E-state index in [1.807, 2.05) is 0 Å². The standard InChI is InChI=1S/C14H16F2N2O4/c15-11-7-21-8-12(16)18(11)14(20,9-4-2-1-3-5-9)10-6-17-13(19)22-10/h1-5,10-12,20H,6-8H2,(H,17,19). The second-order valence-corrected chi connectivity index (χ2v) is 5.18.